The summed E-state index contributed by atoms with van der Waals surface area (Å²) in [6, 6.07) is 20.7. The number of fused-ring (bicyclic) bond motifs is 1. The first-order valence-corrected chi connectivity index (χ1v) is 8.66. The molecule has 0 saturated carbocycles. The third kappa shape index (κ3) is 3.22. The van der Waals surface area contributed by atoms with Crippen LogP contribution in [0.5, 0.6) is 5.75 Å². The second-order valence-electron chi connectivity index (χ2n) is 7.06. The minimum atomic E-state index is -0.123. The Bertz CT molecular complexity index is 888. The summed E-state index contributed by atoms with van der Waals surface area (Å²) in [4.78, 5) is 4.56. The van der Waals surface area contributed by atoms with E-state index in [4.69, 9.17) is 4.74 Å². The molecule has 0 aliphatic carbocycles. The monoisotopic (exact) mass is 330 g/mol. The molecule has 0 amide bonds. The number of nitrogens with zero attached hydrogens (tertiary/aromatic N) is 1. The summed E-state index contributed by atoms with van der Waals surface area (Å²) in [5, 5.41) is 3.54. The van der Waals surface area contributed by atoms with Crippen molar-refractivity contribution in [2.45, 2.75) is 32.4 Å². The van der Waals surface area contributed by atoms with E-state index in [1.54, 1.807) is 0 Å². The van der Waals surface area contributed by atoms with Crippen LogP contribution in [0.4, 0.5) is 5.69 Å². The van der Waals surface area contributed by atoms with Crippen molar-refractivity contribution >= 4 is 5.69 Å². The fourth-order valence-electron chi connectivity index (χ4n) is 3.38. The van der Waals surface area contributed by atoms with Gasteiger partial charge < -0.3 is 10.1 Å². The maximum atomic E-state index is 6.17. The molecule has 2 heterocycles. The summed E-state index contributed by atoms with van der Waals surface area (Å²) in [5.41, 5.74) is 5.47. The number of aromatic nitrogens is 1. The van der Waals surface area contributed by atoms with Gasteiger partial charge in [-0.05, 0) is 31.5 Å². The maximum absolute atomic E-state index is 6.17. The summed E-state index contributed by atoms with van der Waals surface area (Å²) in [6.07, 6.45) is 2.79. The molecule has 1 aromatic heterocycles. The van der Waals surface area contributed by atoms with Gasteiger partial charge in [0.25, 0.3) is 0 Å². The minimum absolute atomic E-state index is 0.123. The van der Waals surface area contributed by atoms with Crippen LogP contribution in [0.3, 0.4) is 0 Å². The molecule has 0 spiro atoms. The van der Waals surface area contributed by atoms with E-state index >= 15 is 0 Å². The number of para-hydroxylation sites is 1. The molecule has 0 atom stereocenters. The van der Waals surface area contributed by atoms with Crippen LogP contribution >= 0.6 is 0 Å². The quantitative estimate of drug-likeness (QED) is 0.725. The second kappa shape index (κ2) is 6.25. The lowest BCUT2D eigenvalue weighted by Gasteiger charge is -2.18. The Hall–Kier alpha value is -2.81. The van der Waals surface area contributed by atoms with Crippen LogP contribution in [0, 0.1) is 0 Å². The van der Waals surface area contributed by atoms with Crippen molar-refractivity contribution in [2.24, 2.45) is 0 Å². The van der Waals surface area contributed by atoms with Crippen LogP contribution in [0.2, 0.25) is 0 Å². The lowest BCUT2D eigenvalue weighted by atomic mass is 10.0. The van der Waals surface area contributed by atoms with Crippen LogP contribution in [-0.2, 0) is 13.0 Å². The third-order valence-corrected chi connectivity index (χ3v) is 4.50. The average molecular weight is 330 g/mol. The highest BCUT2D eigenvalue weighted by atomic mass is 16.5. The summed E-state index contributed by atoms with van der Waals surface area (Å²) in [7, 11) is 0. The number of ether oxygens (including phenoxy) is 1. The molecule has 0 fully saturated rings. The number of nitrogens with one attached hydrogen (secondary N) is 1. The van der Waals surface area contributed by atoms with Crippen molar-refractivity contribution in [2.75, 3.05) is 5.32 Å². The molecule has 0 radical (unpaired) electrons. The molecule has 2 aromatic carbocycles. The van der Waals surface area contributed by atoms with Crippen molar-refractivity contribution in [3.8, 4) is 17.0 Å². The second-order valence-corrected chi connectivity index (χ2v) is 7.06. The Labute approximate surface area is 148 Å². The summed E-state index contributed by atoms with van der Waals surface area (Å²) >= 11 is 0. The number of rotatable bonds is 4. The molecule has 3 nitrogen and oxygen atoms in total. The Kier molecular flexibility index (Phi) is 3.92. The normalized spacial score (nSPS) is 14.6. The Morgan fingerprint density at radius 1 is 1.00 bits per heavy atom. The first-order valence-electron chi connectivity index (χ1n) is 8.66. The van der Waals surface area contributed by atoms with Crippen LogP contribution in [0.25, 0.3) is 11.3 Å². The largest absolute Gasteiger partial charge is 0.487 e. The van der Waals surface area contributed by atoms with Gasteiger partial charge in [-0.15, -0.1) is 0 Å². The van der Waals surface area contributed by atoms with E-state index in [-0.39, 0.29) is 5.60 Å². The van der Waals surface area contributed by atoms with Crippen LogP contribution < -0.4 is 10.1 Å². The molecule has 25 heavy (non-hydrogen) atoms. The molecule has 1 aliphatic heterocycles. The van der Waals surface area contributed by atoms with Gasteiger partial charge in [0.05, 0.1) is 11.4 Å². The molecule has 0 unspecified atom stereocenters. The molecule has 3 aromatic rings. The summed E-state index contributed by atoms with van der Waals surface area (Å²) in [5.74, 6) is 1.03. The van der Waals surface area contributed by atoms with Crippen molar-refractivity contribution < 1.29 is 4.74 Å². The van der Waals surface area contributed by atoms with E-state index in [2.05, 4.69) is 60.5 Å². The highest BCUT2D eigenvalue weighted by Gasteiger charge is 2.31. The fraction of sp³-hybridized carbons (Fsp3) is 0.227. The van der Waals surface area contributed by atoms with Gasteiger partial charge in [-0.25, -0.2) is 0 Å². The zero-order valence-electron chi connectivity index (χ0n) is 14.6. The molecular weight excluding hydrogens is 308 g/mol. The fourth-order valence-corrected chi connectivity index (χ4v) is 3.38. The predicted octanol–water partition coefficient (Wildman–Crippen LogP) is 5.07. The standard InChI is InChI=1S/C22H22N2O/c1-22(2)14-17-10-6-11-18(21(17)25-22)15-24-19-12-7-13-23-20(19)16-8-4-3-5-9-16/h3-13,24H,14-15H2,1-2H3. The molecular formula is C22H22N2O. The van der Waals surface area contributed by atoms with Crippen molar-refractivity contribution in [3.63, 3.8) is 0 Å². The predicted molar refractivity (Wildman–Crippen MR) is 102 cm³/mol. The van der Waals surface area contributed by atoms with Gasteiger partial charge in [0.2, 0.25) is 0 Å². The lowest BCUT2D eigenvalue weighted by molar-refractivity contribution is 0.137. The van der Waals surface area contributed by atoms with E-state index in [0.29, 0.717) is 6.54 Å². The van der Waals surface area contributed by atoms with Crippen molar-refractivity contribution in [1.29, 1.82) is 0 Å². The van der Waals surface area contributed by atoms with Gasteiger partial charge >= 0.3 is 0 Å². The van der Waals surface area contributed by atoms with Gasteiger partial charge in [-0.1, -0.05) is 48.5 Å². The minimum Gasteiger partial charge on any atom is -0.487 e. The smallest absolute Gasteiger partial charge is 0.128 e. The Morgan fingerprint density at radius 3 is 2.68 bits per heavy atom. The molecule has 4 rings (SSSR count). The Morgan fingerprint density at radius 2 is 1.84 bits per heavy atom. The highest BCUT2D eigenvalue weighted by molar-refractivity contribution is 5.74. The van der Waals surface area contributed by atoms with E-state index in [1.807, 2.05) is 30.5 Å². The number of benzene rings is 2. The van der Waals surface area contributed by atoms with Crippen LogP contribution in [-0.4, -0.2) is 10.6 Å². The van der Waals surface area contributed by atoms with E-state index < -0.39 is 0 Å². The van der Waals surface area contributed by atoms with Gasteiger partial charge in [0.15, 0.2) is 0 Å². The van der Waals surface area contributed by atoms with Gasteiger partial charge in [0, 0.05) is 30.3 Å². The SMILES string of the molecule is CC1(C)Cc2cccc(CNc3cccnc3-c3ccccc3)c2O1. The van der Waals surface area contributed by atoms with Crippen molar-refractivity contribution in [3.05, 3.63) is 78.0 Å². The number of hydrogen-bond donors (Lipinski definition) is 1. The summed E-state index contributed by atoms with van der Waals surface area (Å²) < 4.78 is 6.17. The number of hydrogen-bond acceptors (Lipinski definition) is 3. The highest BCUT2D eigenvalue weighted by Crippen LogP contribution is 2.38. The van der Waals surface area contributed by atoms with E-state index in [0.717, 1.165) is 29.1 Å². The molecule has 1 N–H and O–H groups in total. The summed E-state index contributed by atoms with van der Waals surface area (Å²) in [6.45, 7) is 4.99. The maximum Gasteiger partial charge on any atom is 0.128 e. The van der Waals surface area contributed by atoms with Gasteiger partial charge in [0.1, 0.15) is 11.4 Å². The van der Waals surface area contributed by atoms with Gasteiger partial charge in [-0.2, -0.15) is 0 Å². The third-order valence-electron chi connectivity index (χ3n) is 4.50. The number of pyridine rings is 1. The topological polar surface area (TPSA) is 34.2 Å². The molecule has 0 bridgehead atoms. The molecule has 3 heteroatoms. The first-order chi connectivity index (χ1) is 12.1. The van der Waals surface area contributed by atoms with Gasteiger partial charge in [-0.3, -0.25) is 4.98 Å². The lowest BCUT2D eigenvalue weighted by Crippen LogP contribution is -2.25. The molecule has 1 aliphatic rings. The molecule has 126 valence electrons. The zero-order chi connectivity index (χ0) is 17.3. The zero-order valence-corrected chi connectivity index (χ0v) is 14.6. The van der Waals surface area contributed by atoms with Crippen molar-refractivity contribution in [1.82, 2.24) is 4.98 Å². The van der Waals surface area contributed by atoms with Crippen LogP contribution in [0.1, 0.15) is 25.0 Å². The molecule has 0 saturated heterocycles. The van der Waals surface area contributed by atoms with E-state index in [1.165, 1.54) is 11.1 Å². The Balaban J connectivity index is 1.59. The number of anilines is 1. The van der Waals surface area contributed by atoms with E-state index in [9.17, 15) is 0 Å². The first kappa shape index (κ1) is 15.7. The van der Waals surface area contributed by atoms with Crippen LogP contribution in [0.15, 0.2) is 66.9 Å². The average Bonchev–Trinajstić information content (AvgIpc) is 2.95.